The molecule has 0 spiro atoms. The number of allylic oxidation sites excluding steroid dienone is 2. The number of rotatable bonds is 5. The summed E-state index contributed by atoms with van der Waals surface area (Å²) in [4.78, 5) is 20.2. The number of H-pyrrole nitrogens is 1. The Bertz CT molecular complexity index is 929. The highest BCUT2D eigenvalue weighted by atomic mass is 16.5. The number of hydrogen-bond donors (Lipinski definition) is 1. The molecule has 2 aliphatic rings. The largest absolute Gasteiger partial charge is 0.500 e. The van der Waals surface area contributed by atoms with Crippen LogP contribution in [0, 0.1) is 12.3 Å². The lowest BCUT2D eigenvalue weighted by Crippen LogP contribution is -2.17. The molecule has 24 heavy (non-hydrogen) atoms. The lowest BCUT2D eigenvalue weighted by molar-refractivity contribution is 0.283. The summed E-state index contributed by atoms with van der Waals surface area (Å²) in [6.45, 7) is 0. The number of methoxy groups -OCH3 is 1. The quantitative estimate of drug-likeness (QED) is 0.580. The number of ether oxygens (including phenoxy) is 1. The summed E-state index contributed by atoms with van der Waals surface area (Å²) in [5.74, 6) is 3.56. The molecule has 0 saturated carbocycles. The summed E-state index contributed by atoms with van der Waals surface area (Å²) in [7, 11) is 1.53. The van der Waals surface area contributed by atoms with Crippen LogP contribution in [0.2, 0.25) is 0 Å². The first-order chi connectivity index (χ1) is 11.7. The lowest BCUT2D eigenvalue weighted by atomic mass is 10.1. The molecule has 1 aromatic rings. The first-order valence-electron chi connectivity index (χ1n) is 7.53. The average molecular weight is 319 g/mol. The van der Waals surface area contributed by atoms with Gasteiger partial charge in [0.25, 0.3) is 5.56 Å². The zero-order chi connectivity index (χ0) is 16.9. The molecule has 3 rings (SSSR count). The van der Waals surface area contributed by atoms with E-state index in [0.717, 1.165) is 11.3 Å². The number of hydrogen-bond acceptors (Lipinski definition) is 3. The second kappa shape index (κ2) is 6.88. The minimum Gasteiger partial charge on any atom is -0.500 e. The fourth-order valence-corrected chi connectivity index (χ4v) is 2.58. The van der Waals surface area contributed by atoms with Crippen LogP contribution in [0.1, 0.15) is 17.0 Å². The van der Waals surface area contributed by atoms with Gasteiger partial charge in [-0.25, -0.2) is 4.98 Å². The van der Waals surface area contributed by atoms with Crippen LogP contribution in [0.4, 0.5) is 0 Å². The standard InChI is InChI=1S/C19H17N3O2/c1-3-7-15(24-2)13-17-19(23)22-11-10-20-16(18(22)21-17)12-14-8-5-4-6-9-14/h1,4-11,20H,12-13H2,2H3/b15-7-. The highest BCUT2D eigenvalue weighted by Crippen LogP contribution is 2.16. The molecule has 0 aliphatic carbocycles. The predicted molar refractivity (Wildman–Crippen MR) is 92.2 cm³/mol. The Morgan fingerprint density at radius 1 is 1.42 bits per heavy atom. The van der Waals surface area contributed by atoms with Crippen molar-refractivity contribution in [2.75, 3.05) is 7.11 Å². The molecule has 0 fully saturated rings. The van der Waals surface area contributed by atoms with Gasteiger partial charge in [0.15, 0.2) is 5.82 Å². The Labute approximate surface area is 140 Å². The van der Waals surface area contributed by atoms with E-state index in [1.165, 1.54) is 13.2 Å². The van der Waals surface area contributed by atoms with Gasteiger partial charge in [-0.15, -0.1) is 6.42 Å². The van der Waals surface area contributed by atoms with Gasteiger partial charge in [0.05, 0.1) is 19.2 Å². The van der Waals surface area contributed by atoms with E-state index in [4.69, 9.17) is 11.2 Å². The first-order valence-corrected chi connectivity index (χ1v) is 7.53. The maximum absolute atomic E-state index is 12.5. The zero-order valence-corrected chi connectivity index (χ0v) is 13.3. The van der Waals surface area contributed by atoms with Gasteiger partial charge in [-0.05, 0) is 5.56 Å². The van der Waals surface area contributed by atoms with E-state index in [1.54, 1.807) is 17.0 Å². The van der Waals surface area contributed by atoms with E-state index in [0.29, 0.717) is 23.7 Å². The van der Waals surface area contributed by atoms with Crippen LogP contribution in [0.25, 0.3) is 5.82 Å². The van der Waals surface area contributed by atoms with Crippen LogP contribution in [0.3, 0.4) is 0 Å². The van der Waals surface area contributed by atoms with Crippen molar-refractivity contribution < 1.29 is 4.74 Å². The first kappa shape index (κ1) is 15.6. The van der Waals surface area contributed by atoms with Crippen molar-refractivity contribution in [3.05, 3.63) is 81.9 Å². The van der Waals surface area contributed by atoms with Crippen LogP contribution in [-0.4, -0.2) is 21.6 Å². The maximum atomic E-state index is 12.5. The van der Waals surface area contributed by atoms with Gasteiger partial charge in [0.2, 0.25) is 0 Å². The highest BCUT2D eigenvalue weighted by molar-refractivity contribution is 5.37. The van der Waals surface area contributed by atoms with E-state index in [-0.39, 0.29) is 12.0 Å². The van der Waals surface area contributed by atoms with Crippen molar-refractivity contribution in [2.45, 2.75) is 12.8 Å². The van der Waals surface area contributed by atoms with Gasteiger partial charge in [-0.1, -0.05) is 36.3 Å². The summed E-state index contributed by atoms with van der Waals surface area (Å²) < 4.78 is 6.74. The average Bonchev–Trinajstić information content (AvgIpc) is 2.93. The number of aromatic nitrogens is 3. The second-order valence-electron chi connectivity index (χ2n) is 5.32. The summed E-state index contributed by atoms with van der Waals surface area (Å²) in [6, 6.07) is 10.0. The number of fused-ring (bicyclic) bond motifs is 1. The van der Waals surface area contributed by atoms with Crippen LogP contribution in [0.5, 0.6) is 0 Å². The SMILES string of the molecule is C#C/C=C(/Cc1nc2c(Cc3ccccc3)[nH]ccn-2c1=O)OC. The summed E-state index contributed by atoms with van der Waals surface area (Å²) >= 11 is 0. The third kappa shape index (κ3) is 3.08. The smallest absolute Gasteiger partial charge is 0.278 e. The summed E-state index contributed by atoms with van der Waals surface area (Å²) in [5.41, 5.74) is 2.27. The molecule has 0 amide bonds. The van der Waals surface area contributed by atoms with Gasteiger partial charge >= 0.3 is 0 Å². The van der Waals surface area contributed by atoms with Gasteiger partial charge in [0, 0.05) is 24.9 Å². The molecule has 1 aromatic carbocycles. The number of nitrogens with one attached hydrogen (secondary N) is 1. The Balaban J connectivity index is 1.99. The topological polar surface area (TPSA) is 59.9 Å². The van der Waals surface area contributed by atoms with Crippen molar-refractivity contribution in [1.29, 1.82) is 0 Å². The van der Waals surface area contributed by atoms with E-state index in [1.807, 2.05) is 30.3 Å². The molecule has 5 heteroatoms. The Morgan fingerprint density at radius 2 is 2.21 bits per heavy atom. The molecule has 0 saturated heterocycles. The molecule has 5 nitrogen and oxygen atoms in total. The molecular formula is C19H17N3O2. The van der Waals surface area contributed by atoms with Crippen molar-refractivity contribution in [3.63, 3.8) is 0 Å². The molecule has 120 valence electrons. The van der Waals surface area contributed by atoms with Crippen LogP contribution >= 0.6 is 0 Å². The third-order valence-corrected chi connectivity index (χ3v) is 3.76. The summed E-state index contributed by atoms with van der Waals surface area (Å²) in [6.07, 6.45) is 11.1. The van der Waals surface area contributed by atoms with Crippen LogP contribution in [0.15, 0.2) is 59.4 Å². The Kier molecular flexibility index (Phi) is 4.48. The van der Waals surface area contributed by atoms with Crippen molar-refractivity contribution in [3.8, 4) is 18.2 Å². The van der Waals surface area contributed by atoms with Gasteiger partial charge in [0.1, 0.15) is 11.5 Å². The van der Waals surface area contributed by atoms with Crippen molar-refractivity contribution in [2.24, 2.45) is 0 Å². The molecule has 0 bridgehead atoms. The molecule has 0 radical (unpaired) electrons. The van der Waals surface area contributed by atoms with E-state index in [2.05, 4.69) is 15.9 Å². The second-order valence-corrected chi connectivity index (χ2v) is 5.32. The van der Waals surface area contributed by atoms with Crippen molar-refractivity contribution >= 4 is 0 Å². The number of imidazole rings is 1. The molecule has 0 aromatic heterocycles. The zero-order valence-electron chi connectivity index (χ0n) is 13.3. The van der Waals surface area contributed by atoms with E-state index < -0.39 is 0 Å². The maximum Gasteiger partial charge on any atom is 0.278 e. The Morgan fingerprint density at radius 3 is 2.92 bits per heavy atom. The lowest BCUT2D eigenvalue weighted by Gasteiger charge is -2.08. The highest BCUT2D eigenvalue weighted by Gasteiger charge is 2.18. The normalized spacial score (nSPS) is 11.4. The predicted octanol–water partition coefficient (Wildman–Crippen LogP) is 2.30. The molecule has 2 aliphatic heterocycles. The minimum absolute atomic E-state index is 0.159. The van der Waals surface area contributed by atoms with Gasteiger partial charge < -0.3 is 9.72 Å². The number of benzene rings is 1. The van der Waals surface area contributed by atoms with E-state index in [9.17, 15) is 4.79 Å². The fourth-order valence-electron chi connectivity index (χ4n) is 2.58. The van der Waals surface area contributed by atoms with Gasteiger partial charge in [-0.2, -0.15) is 0 Å². The number of terminal acetylenes is 1. The van der Waals surface area contributed by atoms with Crippen LogP contribution < -0.4 is 5.56 Å². The summed E-state index contributed by atoms with van der Waals surface area (Å²) in [5, 5.41) is 0. The number of nitrogens with zero attached hydrogens (tertiary/aromatic N) is 2. The number of aromatic amines is 1. The molecular weight excluding hydrogens is 302 g/mol. The van der Waals surface area contributed by atoms with E-state index >= 15 is 0 Å². The minimum atomic E-state index is -0.159. The third-order valence-electron chi connectivity index (χ3n) is 3.76. The molecule has 2 heterocycles. The molecule has 0 atom stereocenters. The Hall–Kier alpha value is -3.26. The molecule has 0 unspecified atom stereocenters. The monoisotopic (exact) mass is 319 g/mol. The van der Waals surface area contributed by atoms with Gasteiger partial charge in [-0.3, -0.25) is 9.36 Å². The van der Waals surface area contributed by atoms with Crippen molar-refractivity contribution in [1.82, 2.24) is 14.5 Å². The van der Waals surface area contributed by atoms with Crippen LogP contribution in [-0.2, 0) is 17.6 Å². The molecule has 1 N–H and O–H groups in total. The fraction of sp³-hybridized carbons (Fsp3) is 0.158.